The van der Waals surface area contributed by atoms with Crippen molar-refractivity contribution in [3.63, 3.8) is 0 Å². The van der Waals surface area contributed by atoms with Crippen molar-refractivity contribution in [2.45, 2.75) is 19.9 Å². The molecule has 0 aliphatic rings. The molecule has 2 aromatic heterocycles. The molecule has 0 radical (unpaired) electrons. The molecule has 1 unspecified atom stereocenters. The number of aryl methyl sites for hydroxylation is 2. The van der Waals surface area contributed by atoms with Crippen LogP contribution in [0, 0.1) is 19.7 Å². The molecular weight excluding hydrogens is 233 g/mol. The van der Waals surface area contributed by atoms with Gasteiger partial charge in [0.25, 0.3) is 0 Å². The van der Waals surface area contributed by atoms with Gasteiger partial charge in [-0.05, 0) is 19.9 Å². The molecule has 1 atom stereocenters. The van der Waals surface area contributed by atoms with E-state index in [2.05, 4.69) is 15.5 Å². The average molecular weight is 249 g/mol. The van der Waals surface area contributed by atoms with Gasteiger partial charge in [-0.3, -0.25) is 15.5 Å². The quantitative estimate of drug-likeness (QED) is 0.632. The molecule has 0 fully saturated rings. The molecule has 18 heavy (non-hydrogen) atoms. The lowest BCUT2D eigenvalue weighted by atomic mass is 9.98. The van der Waals surface area contributed by atoms with Crippen LogP contribution in [0.25, 0.3) is 0 Å². The van der Waals surface area contributed by atoms with Gasteiger partial charge in [0.2, 0.25) is 0 Å². The van der Waals surface area contributed by atoms with Crippen LogP contribution in [0.5, 0.6) is 0 Å². The zero-order valence-corrected chi connectivity index (χ0v) is 10.6. The maximum atomic E-state index is 13.8. The van der Waals surface area contributed by atoms with E-state index in [1.165, 1.54) is 6.20 Å². The number of hydrazine groups is 1. The van der Waals surface area contributed by atoms with Crippen LogP contribution in [0.15, 0.2) is 18.5 Å². The van der Waals surface area contributed by atoms with Crippen LogP contribution >= 0.6 is 0 Å². The number of hydrogen-bond acceptors (Lipinski definition) is 4. The van der Waals surface area contributed by atoms with Gasteiger partial charge in [0.05, 0.1) is 17.9 Å². The summed E-state index contributed by atoms with van der Waals surface area (Å²) in [7, 11) is 1.85. The van der Waals surface area contributed by atoms with Crippen LogP contribution in [0.1, 0.15) is 28.6 Å². The van der Waals surface area contributed by atoms with E-state index >= 15 is 0 Å². The summed E-state index contributed by atoms with van der Waals surface area (Å²) in [4.78, 5) is 3.74. The van der Waals surface area contributed by atoms with E-state index in [0.29, 0.717) is 5.56 Å². The number of hydrogen-bond donors (Lipinski definition) is 2. The topological polar surface area (TPSA) is 68.8 Å². The summed E-state index contributed by atoms with van der Waals surface area (Å²) in [6.07, 6.45) is 2.73. The molecule has 96 valence electrons. The largest absolute Gasteiger partial charge is 0.272 e. The first kappa shape index (κ1) is 12.7. The number of nitrogens with one attached hydrogen (secondary N) is 1. The number of pyridine rings is 1. The molecule has 0 aliphatic carbocycles. The fourth-order valence-electron chi connectivity index (χ4n) is 2.16. The van der Waals surface area contributed by atoms with Gasteiger partial charge in [-0.1, -0.05) is 0 Å². The van der Waals surface area contributed by atoms with Crippen molar-refractivity contribution in [3.05, 3.63) is 46.8 Å². The Kier molecular flexibility index (Phi) is 3.40. The normalized spacial score (nSPS) is 12.7. The van der Waals surface area contributed by atoms with E-state index in [-0.39, 0.29) is 5.82 Å². The minimum absolute atomic E-state index is 0.386. The highest BCUT2D eigenvalue weighted by atomic mass is 19.1. The number of halogens is 1. The van der Waals surface area contributed by atoms with Crippen molar-refractivity contribution >= 4 is 0 Å². The van der Waals surface area contributed by atoms with E-state index in [1.807, 2.05) is 20.9 Å². The van der Waals surface area contributed by atoms with Gasteiger partial charge in [0.15, 0.2) is 0 Å². The second-order valence-corrected chi connectivity index (χ2v) is 4.20. The SMILES string of the molecule is Cc1nn(C)c(C)c1C(NN)c1ccncc1F. The van der Waals surface area contributed by atoms with E-state index in [1.54, 1.807) is 16.9 Å². The van der Waals surface area contributed by atoms with Crippen molar-refractivity contribution in [1.29, 1.82) is 0 Å². The third-order valence-electron chi connectivity index (χ3n) is 3.14. The summed E-state index contributed by atoms with van der Waals surface area (Å²) in [5, 5.41) is 4.32. The lowest BCUT2D eigenvalue weighted by Crippen LogP contribution is -2.30. The third kappa shape index (κ3) is 2.00. The first-order chi connectivity index (χ1) is 8.56. The van der Waals surface area contributed by atoms with Crippen LogP contribution in [0.2, 0.25) is 0 Å². The summed E-state index contributed by atoms with van der Waals surface area (Å²) in [5.74, 6) is 5.19. The average Bonchev–Trinajstić information content (AvgIpc) is 2.59. The molecule has 0 spiro atoms. The van der Waals surface area contributed by atoms with Crippen LogP contribution in [-0.4, -0.2) is 14.8 Å². The molecule has 0 saturated heterocycles. The second-order valence-electron chi connectivity index (χ2n) is 4.20. The second kappa shape index (κ2) is 4.83. The highest BCUT2D eigenvalue weighted by Gasteiger charge is 2.23. The molecule has 3 N–H and O–H groups in total. The van der Waals surface area contributed by atoms with E-state index in [9.17, 15) is 4.39 Å². The number of rotatable bonds is 3. The maximum absolute atomic E-state index is 13.8. The molecule has 0 aliphatic heterocycles. The predicted octanol–water partition coefficient (Wildman–Crippen LogP) is 1.12. The van der Waals surface area contributed by atoms with Crippen LogP contribution in [0.4, 0.5) is 4.39 Å². The highest BCUT2D eigenvalue weighted by molar-refractivity contribution is 5.36. The summed E-state index contributed by atoms with van der Waals surface area (Å²) >= 11 is 0. The summed E-state index contributed by atoms with van der Waals surface area (Å²) < 4.78 is 15.6. The highest BCUT2D eigenvalue weighted by Crippen LogP contribution is 2.27. The fraction of sp³-hybridized carbons (Fsp3) is 0.333. The van der Waals surface area contributed by atoms with Gasteiger partial charge >= 0.3 is 0 Å². The minimum atomic E-state index is -0.429. The van der Waals surface area contributed by atoms with Crippen LogP contribution in [-0.2, 0) is 7.05 Å². The van der Waals surface area contributed by atoms with Crippen LogP contribution in [0.3, 0.4) is 0 Å². The number of nitrogens with two attached hydrogens (primary N) is 1. The van der Waals surface area contributed by atoms with Crippen LogP contribution < -0.4 is 11.3 Å². The smallest absolute Gasteiger partial charge is 0.146 e. The van der Waals surface area contributed by atoms with Gasteiger partial charge in [-0.15, -0.1) is 0 Å². The maximum Gasteiger partial charge on any atom is 0.146 e. The zero-order valence-electron chi connectivity index (χ0n) is 10.6. The third-order valence-corrected chi connectivity index (χ3v) is 3.14. The molecule has 2 heterocycles. The first-order valence-electron chi connectivity index (χ1n) is 5.62. The molecule has 0 bridgehead atoms. The first-order valence-corrected chi connectivity index (χ1v) is 5.62. The lowest BCUT2D eigenvalue weighted by molar-refractivity contribution is 0.552. The van der Waals surface area contributed by atoms with Crippen molar-refractivity contribution < 1.29 is 4.39 Å². The molecule has 2 aromatic rings. The van der Waals surface area contributed by atoms with E-state index in [0.717, 1.165) is 17.0 Å². The van der Waals surface area contributed by atoms with Crippen molar-refractivity contribution in [1.82, 2.24) is 20.2 Å². The Morgan fingerprint density at radius 3 is 2.67 bits per heavy atom. The van der Waals surface area contributed by atoms with E-state index in [4.69, 9.17) is 5.84 Å². The van der Waals surface area contributed by atoms with Gasteiger partial charge in [0.1, 0.15) is 5.82 Å². The summed E-state index contributed by atoms with van der Waals surface area (Å²) in [5.41, 5.74) is 5.79. The Labute approximate surface area is 105 Å². The lowest BCUT2D eigenvalue weighted by Gasteiger charge is -2.17. The van der Waals surface area contributed by atoms with E-state index < -0.39 is 6.04 Å². The van der Waals surface area contributed by atoms with Crippen molar-refractivity contribution in [3.8, 4) is 0 Å². The Morgan fingerprint density at radius 2 is 2.17 bits per heavy atom. The molecular formula is C12H16FN5. The Morgan fingerprint density at radius 1 is 1.44 bits per heavy atom. The van der Waals surface area contributed by atoms with Gasteiger partial charge < -0.3 is 0 Å². The molecule has 0 saturated carbocycles. The van der Waals surface area contributed by atoms with Gasteiger partial charge in [-0.25, -0.2) is 9.82 Å². The Balaban J connectivity index is 2.56. The van der Waals surface area contributed by atoms with Gasteiger partial charge in [-0.2, -0.15) is 5.10 Å². The summed E-state index contributed by atoms with van der Waals surface area (Å²) in [6.45, 7) is 3.81. The molecule has 0 amide bonds. The Bertz CT molecular complexity index is 564. The predicted molar refractivity (Wildman–Crippen MR) is 66.0 cm³/mol. The molecule has 0 aromatic carbocycles. The Hall–Kier alpha value is -1.79. The molecule has 2 rings (SSSR count). The standard InChI is InChI=1S/C12H16FN5/c1-7-11(8(2)18(3)17-7)12(16-14)9-4-5-15-6-10(9)13/h4-6,12,16H,14H2,1-3H3. The van der Waals surface area contributed by atoms with Crippen molar-refractivity contribution in [2.24, 2.45) is 12.9 Å². The minimum Gasteiger partial charge on any atom is -0.272 e. The number of aromatic nitrogens is 3. The monoisotopic (exact) mass is 249 g/mol. The molecule has 6 heteroatoms. The summed E-state index contributed by atoms with van der Waals surface area (Å²) in [6, 6.07) is 1.19. The zero-order chi connectivity index (χ0) is 13.3. The van der Waals surface area contributed by atoms with Gasteiger partial charge in [0, 0.05) is 30.1 Å². The van der Waals surface area contributed by atoms with Crippen molar-refractivity contribution in [2.75, 3.05) is 0 Å². The molecule has 5 nitrogen and oxygen atoms in total. The fourth-order valence-corrected chi connectivity index (χ4v) is 2.16. The number of nitrogens with zero attached hydrogens (tertiary/aromatic N) is 3.